The van der Waals surface area contributed by atoms with E-state index in [1.807, 2.05) is 20.0 Å². The number of likely N-dealkylation sites (tertiary alicyclic amines) is 1. The summed E-state index contributed by atoms with van der Waals surface area (Å²) in [4.78, 5) is 13.6. The van der Waals surface area contributed by atoms with E-state index in [-0.39, 0.29) is 28.5 Å². The highest BCUT2D eigenvalue weighted by Gasteiger charge is 2.29. The fourth-order valence-electron chi connectivity index (χ4n) is 2.87. The number of hydrogen-bond acceptors (Lipinski definition) is 6. The van der Waals surface area contributed by atoms with Crippen molar-refractivity contribution in [1.82, 2.24) is 9.62 Å². The molecule has 1 aliphatic heterocycles. The first kappa shape index (κ1) is 21.0. The van der Waals surface area contributed by atoms with E-state index >= 15 is 0 Å². The number of methoxy groups -OCH3 is 1. The molecule has 8 nitrogen and oxygen atoms in total. The zero-order chi connectivity index (χ0) is 20.0. The van der Waals surface area contributed by atoms with Gasteiger partial charge in [-0.2, -0.15) is 5.26 Å². The monoisotopic (exact) mass is 394 g/mol. The predicted molar refractivity (Wildman–Crippen MR) is 102 cm³/mol. The number of nitriles is 1. The molecule has 1 heterocycles. The van der Waals surface area contributed by atoms with Gasteiger partial charge in [-0.15, -0.1) is 0 Å². The van der Waals surface area contributed by atoms with Gasteiger partial charge in [-0.3, -0.25) is 4.79 Å². The van der Waals surface area contributed by atoms with Crippen molar-refractivity contribution in [3.8, 4) is 11.9 Å². The van der Waals surface area contributed by atoms with Gasteiger partial charge in [0.05, 0.1) is 7.11 Å². The number of rotatable bonds is 8. The standard InChI is InChI=1S/C18H26N4O4S/c1-4-13(2)9-18(23)20-14-5-6-16(26-3)17(10-14)27(24,25)21-15-7-8-22(11-15)12-19/h5-6,10,13,15,21H,4,7-9,11H2,1-3H3,(H,20,23)/t13?,15-/m1/s1. The van der Waals surface area contributed by atoms with Crippen molar-refractivity contribution in [1.29, 1.82) is 5.26 Å². The zero-order valence-electron chi connectivity index (χ0n) is 15.9. The van der Waals surface area contributed by atoms with Crippen LogP contribution in [0.25, 0.3) is 0 Å². The molecule has 2 rings (SSSR count). The quantitative estimate of drug-likeness (QED) is 0.652. The molecule has 0 saturated carbocycles. The van der Waals surface area contributed by atoms with E-state index in [0.29, 0.717) is 31.6 Å². The highest BCUT2D eigenvalue weighted by Crippen LogP contribution is 2.28. The van der Waals surface area contributed by atoms with Crippen LogP contribution in [0.3, 0.4) is 0 Å². The number of hydrogen-bond donors (Lipinski definition) is 2. The summed E-state index contributed by atoms with van der Waals surface area (Å²) >= 11 is 0. The van der Waals surface area contributed by atoms with Gasteiger partial charge < -0.3 is 15.0 Å². The van der Waals surface area contributed by atoms with Crippen LogP contribution >= 0.6 is 0 Å². The molecule has 1 amide bonds. The molecule has 1 aromatic rings. The van der Waals surface area contributed by atoms with E-state index in [9.17, 15) is 13.2 Å². The van der Waals surface area contributed by atoms with E-state index in [1.165, 1.54) is 24.1 Å². The topological polar surface area (TPSA) is 112 Å². The average molecular weight is 394 g/mol. The van der Waals surface area contributed by atoms with E-state index < -0.39 is 10.0 Å². The Morgan fingerprint density at radius 3 is 2.81 bits per heavy atom. The van der Waals surface area contributed by atoms with Gasteiger partial charge in [-0.25, -0.2) is 13.1 Å². The number of amides is 1. The van der Waals surface area contributed by atoms with Gasteiger partial charge >= 0.3 is 0 Å². The molecule has 0 radical (unpaired) electrons. The zero-order valence-corrected chi connectivity index (χ0v) is 16.7. The number of nitrogens with one attached hydrogen (secondary N) is 2. The van der Waals surface area contributed by atoms with Gasteiger partial charge in [0, 0.05) is 31.2 Å². The minimum absolute atomic E-state index is 0.0400. The molecule has 2 atom stereocenters. The van der Waals surface area contributed by atoms with E-state index in [1.54, 1.807) is 6.07 Å². The Morgan fingerprint density at radius 2 is 2.22 bits per heavy atom. The molecular weight excluding hydrogens is 368 g/mol. The second-order valence-electron chi connectivity index (χ2n) is 6.78. The van der Waals surface area contributed by atoms with Gasteiger partial charge in [0.1, 0.15) is 10.6 Å². The van der Waals surface area contributed by atoms with E-state index in [0.717, 1.165) is 6.42 Å². The van der Waals surface area contributed by atoms with E-state index in [2.05, 4.69) is 10.0 Å². The Labute approximate surface area is 160 Å². The SMILES string of the molecule is CCC(C)CC(=O)Nc1ccc(OC)c(S(=O)(=O)N[C@@H]2CCN(C#N)C2)c1. The minimum atomic E-state index is -3.87. The molecular formula is C18H26N4O4S. The Kier molecular flexibility index (Phi) is 7.05. The molecule has 1 aromatic carbocycles. The van der Waals surface area contributed by atoms with Crippen molar-refractivity contribution in [3.05, 3.63) is 18.2 Å². The number of carbonyl (C=O) groups is 1. The van der Waals surface area contributed by atoms with Crippen LogP contribution in [0.1, 0.15) is 33.1 Å². The van der Waals surface area contributed by atoms with Crippen LogP contribution in [0.5, 0.6) is 5.75 Å². The first-order valence-corrected chi connectivity index (χ1v) is 10.4. The summed E-state index contributed by atoms with van der Waals surface area (Å²) in [5.74, 6) is 0.280. The lowest BCUT2D eigenvalue weighted by molar-refractivity contribution is -0.117. The molecule has 1 fully saturated rings. The number of sulfonamides is 1. The summed E-state index contributed by atoms with van der Waals surface area (Å²) in [7, 11) is -2.48. The van der Waals surface area contributed by atoms with Crippen molar-refractivity contribution < 1.29 is 17.9 Å². The van der Waals surface area contributed by atoms with Crippen LogP contribution < -0.4 is 14.8 Å². The number of carbonyl (C=O) groups excluding carboxylic acids is 1. The van der Waals surface area contributed by atoms with Gasteiger partial charge in [-0.1, -0.05) is 20.3 Å². The van der Waals surface area contributed by atoms with Crippen LogP contribution in [0.2, 0.25) is 0 Å². The number of nitrogens with zero attached hydrogens (tertiary/aromatic N) is 2. The number of ether oxygens (including phenoxy) is 1. The molecule has 27 heavy (non-hydrogen) atoms. The first-order chi connectivity index (χ1) is 12.8. The normalized spacial score (nSPS) is 18.0. The molecule has 2 N–H and O–H groups in total. The maximum absolute atomic E-state index is 12.8. The van der Waals surface area contributed by atoms with Gasteiger partial charge in [0.25, 0.3) is 0 Å². The summed E-state index contributed by atoms with van der Waals surface area (Å²) in [5, 5.41) is 11.7. The van der Waals surface area contributed by atoms with Crippen LogP contribution in [0, 0.1) is 17.4 Å². The van der Waals surface area contributed by atoms with Crippen molar-refractivity contribution in [2.24, 2.45) is 5.92 Å². The number of benzene rings is 1. The van der Waals surface area contributed by atoms with Crippen molar-refractivity contribution in [3.63, 3.8) is 0 Å². The second-order valence-corrected chi connectivity index (χ2v) is 8.47. The summed E-state index contributed by atoms with van der Waals surface area (Å²) in [6.07, 6.45) is 3.83. The molecule has 1 aliphatic rings. The third kappa shape index (κ3) is 5.58. The van der Waals surface area contributed by atoms with Crippen molar-refractivity contribution >= 4 is 21.6 Å². The smallest absolute Gasteiger partial charge is 0.244 e. The molecule has 0 aromatic heterocycles. The fraction of sp³-hybridized carbons (Fsp3) is 0.556. The lowest BCUT2D eigenvalue weighted by Gasteiger charge is -2.16. The van der Waals surface area contributed by atoms with Crippen molar-refractivity contribution in [2.75, 3.05) is 25.5 Å². The maximum atomic E-state index is 12.8. The second kappa shape index (κ2) is 9.06. The average Bonchev–Trinajstić information content (AvgIpc) is 3.08. The fourth-order valence-corrected chi connectivity index (χ4v) is 4.32. The van der Waals surface area contributed by atoms with Gasteiger partial charge in [0.2, 0.25) is 15.9 Å². The Bertz CT molecular complexity index is 819. The van der Waals surface area contributed by atoms with Crippen molar-refractivity contribution in [2.45, 2.75) is 44.0 Å². The third-order valence-corrected chi connectivity index (χ3v) is 6.16. The summed E-state index contributed by atoms with van der Waals surface area (Å²) < 4.78 is 33.4. The van der Waals surface area contributed by atoms with E-state index in [4.69, 9.17) is 10.00 Å². The molecule has 9 heteroatoms. The van der Waals surface area contributed by atoms with Crippen LogP contribution in [-0.4, -0.2) is 45.5 Å². The van der Waals surface area contributed by atoms with Crippen LogP contribution in [0.15, 0.2) is 23.1 Å². The van der Waals surface area contributed by atoms with Crippen LogP contribution in [0.4, 0.5) is 5.69 Å². The van der Waals surface area contributed by atoms with Gasteiger partial charge in [0.15, 0.2) is 6.19 Å². The first-order valence-electron chi connectivity index (χ1n) is 8.94. The third-order valence-electron chi connectivity index (χ3n) is 4.62. The molecule has 0 aliphatic carbocycles. The maximum Gasteiger partial charge on any atom is 0.244 e. The summed E-state index contributed by atoms with van der Waals surface area (Å²) in [6, 6.07) is 4.18. The Hall–Kier alpha value is -2.31. The Balaban J connectivity index is 2.19. The van der Waals surface area contributed by atoms with Crippen LogP contribution in [-0.2, 0) is 14.8 Å². The molecule has 1 unspecified atom stereocenters. The molecule has 0 spiro atoms. The highest BCUT2D eigenvalue weighted by molar-refractivity contribution is 7.89. The lowest BCUT2D eigenvalue weighted by Crippen LogP contribution is -2.36. The minimum Gasteiger partial charge on any atom is -0.495 e. The van der Waals surface area contributed by atoms with Gasteiger partial charge in [-0.05, 0) is 30.5 Å². The summed E-state index contributed by atoms with van der Waals surface area (Å²) in [6.45, 7) is 4.85. The number of anilines is 1. The molecule has 0 bridgehead atoms. The largest absolute Gasteiger partial charge is 0.495 e. The summed E-state index contributed by atoms with van der Waals surface area (Å²) in [5.41, 5.74) is 0.398. The molecule has 1 saturated heterocycles. The highest BCUT2D eigenvalue weighted by atomic mass is 32.2. The Morgan fingerprint density at radius 1 is 1.48 bits per heavy atom. The molecule has 148 valence electrons. The predicted octanol–water partition coefficient (Wildman–Crippen LogP) is 1.90. The lowest BCUT2D eigenvalue weighted by atomic mass is 10.1.